The molecular formula is C25H28ClN4O5+. The summed E-state index contributed by atoms with van der Waals surface area (Å²) in [4.78, 5) is 40.5. The van der Waals surface area contributed by atoms with Crippen LogP contribution in [0.4, 0.5) is 11.4 Å². The number of rotatable bonds is 9. The minimum atomic E-state index is -0.612. The first-order chi connectivity index (χ1) is 17.0. The van der Waals surface area contributed by atoms with Crippen molar-refractivity contribution < 1.29 is 28.8 Å². The largest absolute Gasteiger partial charge is 0.497 e. The Morgan fingerprint density at radius 1 is 1.06 bits per heavy atom. The van der Waals surface area contributed by atoms with Gasteiger partial charge in [-0.25, -0.2) is 4.90 Å². The van der Waals surface area contributed by atoms with Crippen molar-refractivity contribution in [1.29, 1.82) is 0 Å². The zero-order chi connectivity index (χ0) is 24.8. The first-order valence-electron chi connectivity index (χ1n) is 11.5. The van der Waals surface area contributed by atoms with Crippen LogP contribution >= 0.6 is 11.6 Å². The summed E-state index contributed by atoms with van der Waals surface area (Å²) in [6.45, 7) is 5.21. The van der Waals surface area contributed by atoms with E-state index in [4.69, 9.17) is 21.1 Å². The van der Waals surface area contributed by atoms with Crippen LogP contribution in [0.1, 0.15) is 16.8 Å². The highest BCUT2D eigenvalue weighted by molar-refractivity contribution is 6.53. The van der Waals surface area contributed by atoms with Crippen molar-refractivity contribution in [1.82, 2.24) is 5.32 Å². The normalized spacial score (nSPS) is 16.6. The van der Waals surface area contributed by atoms with Gasteiger partial charge in [0.25, 0.3) is 17.7 Å². The lowest BCUT2D eigenvalue weighted by Crippen LogP contribution is -3.14. The average Bonchev–Trinajstić information content (AvgIpc) is 3.10. The smallest absolute Gasteiger partial charge is 0.283 e. The zero-order valence-electron chi connectivity index (χ0n) is 19.4. The molecule has 184 valence electrons. The summed E-state index contributed by atoms with van der Waals surface area (Å²) >= 11 is 6.19. The molecule has 0 saturated carbocycles. The van der Waals surface area contributed by atoms with E-state index in [2.05, 4.69) is 10.6 Å². The summed E-state index contributed by atoms with van der Waals surface area (Å²) in [6, 6.07) is 13.2. The molecule has 3 amide bonds. The average molecular weight is 500 g/mol. The Morgan fingerprint density at radius 3 is 2.40 bits per heavy atom. The first-order valence-corrected chi connectivity index (χ1v) is 11.8. The molecule has 0 aliphatic carbocycles. The molecule has 9 nitrogen and oxygen atoms in total. The topological polar surface area (TPSA) is 101 Å². The van der Waals surface area contributed by atoms with Crippen LogP contribution in [0.15, 0.2) is 59.3 Å². The van der Waals surface area contributed by atoms with Crippen molar-refractivity contribution in [3.63, 3.8) is 0 Å². The van der Waals surface area contributed by atoms with Gasteiger partial charge >= 0.3 is 0 Å². The molecule has 4 rings (SSSR count). The lowest BCUT2D eigenvalue weighted by Gasteiger charge is -2.23. The highest BCUT2D eigenvalue weighted by Gasteiger charge is 2.39. The Bertz CT molecular complexity index is 1110. The SMILES string of the molecule is COc1ccc(N2C(=O)C(Cl)=C(Nc3ccc(C(=O)NCCC[NH+]4CCOCC4)cc3)C2=O)cc1. The van der Waals surface area contributed by atoms with E-state index in [0.29, 0.717) is 29.2 Å². The molecule has 0 radical (unpaired) electrons. The Hall–Kier alpha value is -3.40. The first kappa shape index (κ1) is 24.7. The predicted octanol–water partition coefficient (Wildman–Crippen LogP) is 1.17. The van der Waals surface area contributed by atoms with E-state index in [0.717, 1.165) is 44.2 Å². The molecule has 3 N–H and O–H groups in total. The van der Waals surface area contributed by atoms with E-state index in [-0.39, 0.29) is 16.6 Å². The predicted molar refractivity (Wildman–Crippen MR) is 132 cm³/mol. The third kappa shape index (κ3) is 5.82. The van der Waals surface area contributed by atoms with Crippen molar-refractivity contribution >= 4 is 40.7 Å². The monoisotopic (exact) mass is 499 g/mol. The van der Waals surface area contributed by atoms with E-state index in [9.17, 15) is 14.4 Å². The fraction of sp³-hybridized carbons (Fsp3) is 0.320. The van der Waals surface area contributed by atoms with Gasteiger partial charge in [0.2, 0.25) is 0 Å². The molecule has 2 aliphatic heterocycles. The van der Waals surface area contributed by atoms with E-state index in [1.165, 1.54) is 12.0 Å². The molecule has 0 atom stereocenters. The third-order valence-corrected chi connectivity index (χ3v) is 6.32. The number of quaternary nitrogens is 1. The van der Waals surface area contributed by atoms with Crippen molar-refractivity contribution in [2.24, 2.45) is 0 Å². The molecule has 0 unspecified atom stereocenters. The van der Waals surface area contributed by atoms with E-state index in [1.807, 2.05) is 0 Å². The van der Waals surface area contributed by atoms with Gasteiger partial charge in [-0.05, 0) is 48.5 Å². The second kappa shape index (κ2) is 11.4. The molecule has 2 aromatic rings. The second-order valence-corrected chi connectivity index (χ2v) is 8.63. The third-order valence-electron chi connectivity index (χ3n) is 5.97. The maximum Gasteiger partial charge on any atom is 0.283 e. The maximum atomic E-state index is 12.9. The number of carbonyl (C=O) groups is 3. The van der Waals surface area contributed by atoms with Gasteiger partial charge in [-0.15, -0.1) is 0 Å². The lowest BCUT2D eigenvalue weighted by atomic mass is 10.2. The number of methoxy groups -OCH3 is 1. The van der Waals surface area contributed by atoms with Crippen molar-refractivity contribution in [2.45, 2.75) is 6.42 Å². The van der Waals surface area contributed by atoms with Gasteiger partial charge in [0.15, 0.2) is 0 Å². The zero-order valence-corrected chi connectivity index (χ0v) is 20.2. The number of ether oxygens (including phenoxy) is 2. The van der Waals surface area contributed by atoms with Gasteiger partial charge in [-0.1, -0.05) is 11.6 Å². The molecule has 2 aliphatic rings. The van der Waals surface area contributed by atoms with Gasteiger partial charge in [0.05, 0.1) is 32.6 Å². The summed E-state index contributed by atoms with van der Waals surface area (Å²) in [6.07, 6.45) is 0.897. The van der Waals surface area contributed by atoms with Gasteiger partial charge in [-0.2, -0.15) is 0 Å². The number of nitrogens with one attached hydrogen (secondary N) is 3. The number of morpholine rings is 1. The maximum absolute atomic E-state index is 12.9. The molecule has 10 heteroatoms. The Morgan fingerprint density at radius 2 is 1.74 bits per heavy atom. The fourth-order valence-electron chi connectivity index (χ4n) is 3.98. The van der Waals surface area contributed by atoms with Crippen LogP contribution in [0.5, 0.6) is 5.75 Å². The summed E-state index contributed by atoms with van der Waals surface area (Å²) < 4.78 is 10.5. The summed E-state index contributed by atoms with van der Waals surface area (Å²) in [5, 5.41) is 5.65. The van der Waals surface area contributed by atoms with Crippen LogP contribution in [-0.4, -0.2) is 64.2 Å². The van der Waals surface area contributed by atoms with Crippen molar-refractivity contribution in [3.05, 3.63) is 64.8 Å². The van der Waals surface area contributed by atoms with Gasteiger partial charge in [0, 0.05) is 24.2 Å². The molecule has 0 bridgehead atoms. The highest BCUT2D eigenvalue weighted by Crippen LogP contribution is 2.31. The minimum Gasteiger partial charge on any atom is -0.497 e. The second-order valence-electron chi connectivity index (χ2n) is 8.26. The summed E-state index contributed by atoms with van der Waals surface area (Å²) in [7, 11) is 1.53. The van der Waals surface area contributed by atoms with E-state index >= 15 is 0 Å². The van der Waals surface area contributed by atoms with Crippen LogP contribution in [0.25, 0.3) is 0 Å². The Labute approximate surface area is 208 Å². The van der Waals surface area contributed by atoms with Crippen LogP contribution in [-0.2, 0) is 14.3 Å². The van der Waals surface area contributed by atoms with E-state index in [1.54, 1.807) is 48.5 Å². The van der Waals surface area contributed by atoms with Gasteiger partial charge in [-0.3, -0.25) is 14.4 Å². The quantitative estimate of drug-likeness (QED) is 0.354. The van der Waals surface area contributed by atoms with Gasteiger partial charge < -0.3 is 25.0 Å². The number of anilines is 2. The Balaban J connectivity index is 1.32. The molecular weight excluding hydrogens is 472 g/mol. The standard InChI is InChI=1S/C25H27ClN4O5/c1-34-20-9-7-19(8-10-20)30-24(32)21(26)22(25(30)33)28-18-5-3-17(4-6-18)23(31)27-11-2-12-29-13-15-35-16-14-29/h3-10,28H,2,11-16H2,1H3,(H,27,31)/p+1. The van der Waals surface area contributed by atoms with Crippen molar-refractivity contribution in [3.8, 4) is 5.75 Å². The molecule has 2 aromatic carbocycles. The molecule has 0 spiro atoms. The highest BCUT2D eigenvalue weighted by atomic mass is 35.5. The summed E-state index contributed by atoms with van der Waals surface area (Å²) in [5.74, 6) is -0.732. The summed E-state index contributed by atoms with van der Waals surface area (Å²) in [5.41, 5.74) is 1.40. The van der Waals surface area contributed by atoms with Crippen LogP contribution in [0.2, 0.25) is 0 Å². The molecule has 2 heterocycles. The molecule has 1 saturated heterocycles. The van der Waals surface area contributed by atoms with Crippen LogP contribution in [0, 0.1) is 0 Å². The minimum absolute atomic E-state index is 0.0182. The van der Waals surface area contributed by atoms with Crippen LogP contribution in [0.3, 0.4) is 0 Å². The number of benzene rings is 2. The number of carbonyl (C=O) groups excluding carboxylic acids is 3. The fourth-order valence-corrected chi connectivity index (χ4v) is 4.19. The lowest BCUT2D eigenvalue weighted by molar-refractivity contribution is -0.908. The number of hydrogen-bond donors (Lipinski definition) is 3. The molecule has 1 fully saturated rings. The number of amides is 3. The number of nitrogens with zero attached hydrogens (tertiary/aromatic N) is 1. The van der Waals surface area contributed by atoms with E-state index < -0.39 is 11.8 Å². The number of imide groups is 1. The Kier molecular flexibility index (Phi) is 8.02. The number of hydrogen-bond acceptors (Lipinski definition) is 6. The molecule has 0 aromatic heterocycles. The number of halogens is 1. The van der Waals surface area contributed by atoms with Crippen molar-refractivity contribution in [2.75, 3.05) is 56.7 Å². The van der Waals surface area contributed by atoms with Gasteiger partial charge in [0.1, 0.15) is 29.6 Å². The molecule has 35 heavy (non-hydrogen) atoms. The van der Waals surface area contributed by atoms with Crippen LogP contribution < -0.4 is 25.2 Å².